The van der Waals surface area contributed by atoms with Gasteiger partial charge in [-0.3, -0.25) is 9.78 Å². The molecule has 1 amide bonds. The van der Waals surface area contributed by atoms with E-state index in [1.807, 2.05) is 0 Å². The molecule has 0 saturated carbocycles. The molecule has 0 atom stereocenters. The Morgan fingerprint density at radius 3 is 2.60 bits per heavy atom. The van der Waals surface area contributed by atoms with Crippen molar-refractivity contribution < 1.29 is 14.3 Å². The van der Waals surface area contributed by atoms with Gasteiger partial charge in [-0.05, 0) is 31.2 Å². The Bertz CT molecular complexity index is 638. The summed E-state index contributed by atoms with van der Waals surface area (Å²) in [7, 11) is 1.29. The number of aromatic nitrogens is 2. The van der Waals surface area contributed by atoms with E-state index in [1.165, 1.54) is 25.4 Å². The Balaban J connectivity index is 2.13. The largest absolute Gasteiger partial charge is 0.465 e. The molecule has 0 aliphatic carbocycles. The Morgan fingerprint density at radius 1 is 1.20 bits per heavy atom. The van der Waals surface area contributed by atoms with E-state index < -0.39 is 5.97 Å². The Kier molecular flexibility index (Phi) is 4.05. The van der Waals surface area contributed by atoms with Crippen LogP contribution in [0, 0.1) is 6.92 Å². The lowest BCUT2D eigenvalue weighted by Gasteiger charge is -2.06. The van der Waals surface area contributed by atoms with Crippen molar-refractivity contribution in [1.82, 2.24) is 9.97 Å². The van der Waals surface area contributed by atoms with E-state index >= 15 is 0 Å². The minimum absolute atomic E-state index is 0.297. The summed E-state index contributed by atoms with van der Waals surface area (Å²) in [5.74, 6) is -0.418. The minimum atomic E-state index is -0.474. The fraction of sp³-hybridized carbons (Fsp3) is 0.143. The summed E-state index contributed by atoms with van der Waals surface area (Å²) in [4.78, 5) is 31.3. The van der Waals surface area contributed by atoms with Crippen LogP contribution in [0.15, 0.2) is 36.7 Å². The molecule has 0 aliphatic heterocycles. The maximum atomic E-state index is 12.0. The van der Waals surface area contributed by atoms with Crippen molar-refractivity contribution in [3.63, 3.8) is 0 Å². The van der Waals surface area contributed by atoms with Crippen molar-refractivity contribution >= 4 is 17.7 Å². The molecule has 102 valence electrons. The SMILES string of the molecule is COC(=O)c1ccc(NC(=O)c2cccnc2C)nc1. The monoisotopic (exact) mass is 271 g/mol. The van der Waals surface area contributed by atoms with E-state index in [0.29, 0.717) is 22.6 Å². The van der Waals surface area contributed by atoms with E-state index in [2.05, 4.69) is 20.0 Å². The summed E-state index contributed by atoms with van der Waals surface area (Å²) in [5.41, 5.74) is 1.44. The van der Waals surface area contributed by atoms with Crippen molar-refractivity contribution in [2.24, 2.45) is 0 Å². The molecule has 2 aromatic heterocycles. The molecule has 2 heterocycles. The predicted molar refractivity (Wildman–Crippen MR) is 72.5 cm³/mol. The zero-order valence-electron chi connectivity index (χ0n) is 11.1. The summed E-state index contributed by atoms with van der Waals surface area (Å²) in [5, 5.41) is 2.64. The van der Waals surface area contributed by atoms with Gasteiger partial charge in [0.25, 0.3) is 5.91 Å². The predicted octanol–water partition coefficient (Wildman–Crippen LogP) is 1.82. The lowest BCUT2D eigenvalue weighted by atomic mass is 10.2. The third kappa shape index (κ3) is 2.97. The first-order chi connectivity index (χ1) is 9.61. The second-order valence-electron chi connectivity index (χ2n) is 4.01. The molecule has 1 N–H and O–H groups in total. The number of ether oxygens (including phenoxy) is 1. The van der Waals surface area contributed by atoms with Crippen LogP contribution in [0.5, 0.6) is 0 Å². The molecule has 6 nitrogen and oxygen atoms in total. The number of aryl methyl sites for hydroxylation is 1. The van der Waals surface area contributed by atoms with Gasteiger partial charge in [0, 0.05) is 18.1 Å². The van der Waals surface area contributed by atoms with Gasteiger partial charge in [-0.15, -0.1) is 0 Å². The van der Waals surface area contributed by atoms with Crippen LogP contribution in [-0.4, -0.2) is 29.0 Å². The number of nitrogens with one attached hydrogen (secondary N) is 1. The highest BCUT2D eigenvalue weighted by Gasteiger charge is 2.11. The van der Waals surface area contributed by atoms with Crippen molar-refractivity contribution in [3.05, 3.63) is 53.5 Å². The molecule has 0 radical (unpaired) electrons. The fourth-order valence-electron chi connectivity index (χ4n) is 1.61. The molecule has 2 rings (SSSR count). The zero-order valence-corrected chi connectivity index (χ0v) is 11.1. The molecule has 0 aliphatic rings. The first-order valence-electron chi connectivity index (χ1n) is 5.89. The van der Waals surface area contributed by atoms with Crippen molar-refractivity contribution in [1.29, 1.82) is 0 Å². The van der Waals surface area contributed by atoms with E-state index in [1.54, 1.807) is 25.3 Å². The molecule has 0 aromatic carbocycles. The molecule has 0 bridgehead atoms. The van der Waals surface area contributed by atoms with E-state index in [0.717, 1.165) is 0 Å². The van der Waals surface area contributed by atoms with Crippen LogP contribution in [0.3, 0.4) is 0 Å². The quantitative estimate of drug-likeness (QED) is 0.861. The van der Waals surface area contributed by atoms with Crippen LogP contribution in [0.1, 0.15) is 26.4 Å². The second-order valence-corrected chi connectivity index (χ2v) is 4.01. The number of esters is 1. The van der Waals surface area contributed by atoms with Crippen molar-refractivity contribution in [2.75, 3.05) is 12.4 Å². The molecule has 0 saturated heterocycles. The van der Waals surface area contributed by atoms with Gasteiger partial charge in [-0.1, -0.05) is 0 Å². The zero-order chi connectivity index (χ0) is 14.5. The molecular weight excluding hydrogens is 258 g/mol. The topological polar surface area (TPSA) is 81.2 Å². The smallest absolute Gasteiger partial charge is 0.339 e. The maximum absolute atomic E-state index is 12.0. The first-order valence-corrected chi connectivity index (χ1v) is 5.89. The van der Waals surface area contributed by atoms with Gasteiger partial charge in [0.2, 0.25) is 0 Å². The fourth-order valence-corrected chi connectivity index (χ4v) is 1.61. The number of methoxy groups -OCH3 is 1. The third-order valence-corrected chi connectivity index (χ3v) is 2.68. The Labute approximate surface area is 115 Å². The summed E-state index contributed by atoms with van der Waals surface area (Å²) < 4.78 is 4.57. The maximum Gasteiger partial charge on any atom is 0.339 e. The van der Waals surface area contributed by atoms with Crippen LogP contribution in [0.4, 0.5) is 5.82 Å². The highest BCUT2D eigenvalue weighted by molar-refractivity contribution is 6.04. The highest BCUT2D eigenvalue weighted by atomic mass is 16.5. The molecule has 6 heteroatoms. The number of hydrogen-bond donors (Lipinski definition) is 1. The summed E-state index contributed by atoms with van der Waals surface area (Å²) in [6, 6.07) is 6.44. The molecule has 20 heavy (non-hydrogen) atoms. The number of carbonyl (C=O) groups excluding carboxylic acids is 2. The molecule has 0 unspecified atom stereocenters. The van der Waals surface area contributed by atoms with Gasteiger partial charge < -0.3 is 10.1 Å². The lowest BCUT2D eigenvalue weighted by molar-refractivity contribution is 0.0600. The number of rotatable bonds is 3. The first kappa shape index (κ1) is 13.7. The summed E-state index contributed by atoms with van der Waals surface area (Å²) in [6.07, 6.45) is 2.97. The van der Waals surface area contributed by atoms with Crippen LogP contribution in [0.25, 0.3) is 0 Å². The molecular formula is C14H13N3O3. The van der Waals surface area contributed by atoms with Crippen molar-refractivity contribution in [3.8, 4) is 0 Å². The summed E-state index contributed by atoms with van der Waals surface area (Å²) >= 11 is 0. The standard InChI is InChI=1S/C14H13N3O3/c1-9-11(4-3-7-15-9)13(18)17-12-6-5-10(8-16-12)14(19)20-2/h3-8H,1-2H3,(H,16,17,18). The normalized spacial score (nSPS) is 9.90. The Hall–Kier alpha value is -2.76. The molecule has 2 aromatic rings. The Morgan fingerprint density at radius 2 is 2.00 bits per heavy atom. The number of anilines is 1. The van der Waals surface area contributed by atoms with Gasteiger partial charge in [-0.2, -0.15) is 0 Å². The molecule has 0 fully saturated rings. The van der Waals surface area contributed by atoms with Crippen LogP contribution in [-0.2, 0) is 4.74 Å². The second kappa shape index (κ2) is 5.92. The number of nitrogens with zero attached hydrogens (tertiary/aromatic N) is 2. The van der Waals surface area contributed by atoms with Gasteiger partial charge in [0.15, 0.2) is 0 Å². The van der Waals surface area contributed by atoms with Crippen LogP contribution < -0.4 is 5.32 Å². The highest BCUT2D eigenvalue weighted by Crippen LogP contribution is 2.10. The number of hydrogen-bond acceptors (Lipinski definition) is 5. The van der Waals surface area contributed by atoms with E-state index in [9.17, 15) is 9.59 Å². The average Bonchev–Trinajstić information content (AvgIpc) is 2.47. The number of amides is 1. The average molecular weight is 271 g/mol. The lowest BCUT2D eigenvalue weighted by Crippen LogP contribution is -2.15. The number of pyridine rings is 2. The minimum Gasteiger partial charge on any atom is -0.465 e. The van der Waals surface area contributed by atoms with E-state index in [-0.39, 0.29) is 5.91 Å². The van der Waals surface area contributed by atoms with Crippen molar-refractivity contribution in [2.45, 2.75) is 6.92 Å². The summed E-state index contributed by atoms with van der Waals surface area (Å²) in [6.45, 7) is 1.75. The van der Waals surface area contributed by atoms with Gasteiger partial charge in [-0.25, -0.2) is 9.78 Å². The third-order valence-electron chi connectivity index (χ3n) is 2.68. The number of carbonyl (C=O) groups is 2. The molecule has 0 spiro atoms. The van der Waals surface area contributed by atoms with Crippen LogP contribution in [0.2, 0.25) is 0 Å². The van der Waals surface area contributed by atoms with Gasteiger partial charge >= 0.3 is 5.97 Å². The van der Waals surface area contributed by atoms with Gasteiger partial charge in [0.05, 0.1) is 18.2 Å². The van der Waals surface area contributed by atoms with E-state index in [4.69, 9.17) is 0 Å². The van der Waals surface area contributed by atoms with Crippen LogP contribution >= 0.6 is 0 Å². The van der Waals surface area contributed by atoms with Gasteiger partial charge in [0.1, 0.15) is 5.82 Å².